The highest BCUT2D eigenvalue weighted by molar-refractivity contribution is 7.90. The predicted octanol–water partition coefficient (Wildman–Crippen LogP) is 0.943. The molecule has 3 atom stereocenters. The molecule has 0 aliphatic carbocycles. The summed E-state index contributed by atoms with van der Waals surface area (Å²) in [5.41, 5.74) is 1.25. The van der Waals surface area contributed by atoms with Gasteiger partial charge in [-0.3, -0.25) is 4.84 Å². The van der Waals surface area contributed by atoms with E-state index in [0.717, 1.165) is 18.4 Å². The van der Waals surface area contributed by atoms with Crippen molar-refractivity contribution in [3.63, 3.8) is 0 Å². The normalized spacial score (nSPS) is 28.1. The van der Waals surface area contributed by atoms with E-state index in [1.54, 1.807) is 30.3 Å². The van der Waals surface area contributed by atoms with Gasteiger partial charge in [-0.1, -0.05) is 12.1 Å². The maximum Gasteiger partial charge on any atom is 0.218 e. The molecule has 0 saturated carbocycles. The highest BCUT2D eigenvalue weighted by atomic mass is 32.2. The summed E-state index contributed by atoms with van der Waals surface area (Å²) >= 11 is 0. The molecule has 3 unspecified atom stereocenters. The average molecular weight is 351 g/mol. The van der Waals surface area contributed by atoms with E-state index in [4.69, 9.17) is 14.8 Å². The Balaban J connectivity index is 1.78. The van der Waals surface area contributed by atoms with Crippen LogP contribution in [0, 0.1) is 11.3 Å². The molecule has 1 N–H and O–H groups in total. The molecule has 3 rings (SSSR count). The molecule has 7 nitrogen and oxygen atoms in total. The summed E-state index contributed by atoms with van der Waals surface area (Å²) in [6.07, 6.45) is 1.78. The van der Waals surface area contributed by atoms with Gasteiger partial charge in [-0.15, -0.1) is 0 Å². The topological polar surface area (TPSA) is 91.7 Å². The molecule has 1 aromatic rings. The van der Waals surface area contributed by atoms with Crippen LogP contribution < -0.4 is 4.72 Å². The monoisotopic (exact) mass is 351 g/mol. The number of nitriles is 1. The van der Waals surface area contributed by atoms with Crippen molar-refractivity contribution in [3.8, 4) is 6.07 Å². The minimum atomic E-state index is -3.58. The molecule has 8 heteroatoms. The molecule has 2 aliphatic rings. The van der Waals surface area contributed by atoms with Crippen molar-refractivity contribution < 1.29 is 18.0 Å². The van der Waals surface area contributed by atoms with Crippen LogP contribution in [0.3, 0.4) is 0 Å². The van der Waals surface area contributed by atoms with E-state index in [1.165, 1.54) is 0 Å². The Morgan fingerprint density at radius 3 is 3.00 bits per heavy atom. The van der Waals surface area contributed by atoms with E-state index < -0.39 is 21.3 Å². The number of ether oxygens (including phenoxy) is 1. The summed E-state index contributed by atoms with van der Waals surface area (Å²) in [7, 11) is -1.87. The van der Waals surface area contributed by atoms with Crippen LogP contribution in [0.15, 0.2) is 24.3 Å². The van der Waals surface area contributed by atoms with Crippen molar-refractivity contribution in [1.82, 2.24) is 9.79 Å². The minimum absolute atomic E-state index is 0.0554. The van der Waals surface area contributed by atoms with Gasteiger partial charge in [0.2, 0.25) is 10.0 Å². The summed E-state index contributed by atoms with van der Waals surface area (Å²) in [6.45, 7) is 1.05. The lowest BCUT2D eigenvalue weighted by atomic mass is 10.0. The van der Waals surface area contributed by atoms with Gasteiger partial charge in [0.05, 0.1) is 30.4 Å². The molecular formula is C16H21N3O4S. The number of sulfonamides is 1. The second-order valence-corrected chi connectivity index (χ2v) is 8.08. The molecule has 1 aromatic carbocycles. The average Bonchev–Trinajstić information content (AvgIpc) is 3.22. The van der Waals surface area contributed by atoms with Crippen molar-refractivity contribution >= 4 is 10.0 Å². The van der Waals surface area contributed by atoms with Gasteiger partial charge < -0.3 is 4.74 Å². The molecule has 0 amide bonds. The second kappa shape index (κ2) is 7.17. The van der Waals surface area contributed by atoms with Crippen molar-refractivity contribution in [2.45, 2.75) is 30.2 Å². The zero-order valence-electron chi connectivity index (χ0n) is 13.5. The van der Waals surface area contributed by atoms with Crippen LogP contribution in [0.5, 0.6) is 0 Å². The van der Waals surface area contributed by atoms with Crippen LogP contribution >= 0.6 is 0 Å². The Hall–Kier alpha value is -1.50. The summed E-state index contributed by atoms with van der Waals surface area (Å²) in [5.74, 6) is 0. The molecule has 2 aliphatic heterocycles. The lowest BCUT2D eigenvalue weighted by Crippen LogP contribution is -2.42. The first-order chi connectivity index (χ1) is 11.5. The number of hydroxylamine groups is 2. The fourth-order valence-corrected chi connectivity index (χ4v) is 4.73. The molecule has 130 valence electrons. The summed E-state index contributed by atoms with van der Waals surface area (Å²) in [6, 6.07) is 8.59. The number of hydrogen-bond donors (Lipinski definition) is 1. The Bertz CT molecular complexity index is 725. The predicted molar refractivity (Wildman–Crippen MR) is 87.3 cm³/mol. The molecule has 0 aromatic heterocycles. The van der Waals surface area contributed by atoms with Crippen molar-refractivity contribution in [2.24, 2.45) is 0 Å². The van der Waals surface area contributed by atoms with Crippen molar-refractivity contribution in [3.05, 3.63) is 35.4 Å². The molecule has 24 heavy (non-hydrogen) atoms. The van der Waals surface area contributed by atoms with Crippen LogP contribution in [0.25, 0.3) is 0 Å². The highest BCUT2D eigenvalue weighted by Gasteiger charge is 2.43. The van der Waals surface area contributed by atoms with Gasteiger partial charge >= 0.3 is 0 Å². The number of nitrogens with one attached hydrogen (secondary N) is 1. The van der Waals surface area contributed by atoms with E-state index in [2.05, 4.69) is 10.8 Å². The Morgan fingerprint density at radius 1 is 1.46 bits per heavy atom. The molecular weight excluding hydrogens is 330 g/mol. The van der Waals surface area contributed by atoms with Gasteiger partial charge in [0.1, 0.15) is 5.25 Å². The minimum Gasteiger partial charge on any atom is -0.377 e. The van der Waals surface area contributed by atoms with Gasteiger partial charge in [0.25, 0.3) is 0 Å². The molecule has 2 heterocycles. The molecule has 0 radical (unpaired) electrons. The maximum atomic E-state index is 12.7. The third-order valence-electron chi connectivity index (χ3n) is 4.48. The van der Waals surface area contributed by atoms with E-state index >= 15 is 0 Å². The molecule has 2 saturated heterocycles. The van der Waals surface area contributed by atoms with Crippen LogP contribution in [0.2, 0.25) is 0 Å². The van der Waals surface area contributed by atoms with Crippen molar-refractivity contribution in [1.29, 1.82) is 5.26 Å². The van der Waals surface area contributed by atoms with Crippen LogP contribution in [0.1, 0.15) is 30.0 Å². The summed E-state index contributed by atoms with van der Waals surface area (Å²) in [4.78, 5) is 5.46. The van der Waals surface area contributed by atoms with Gasteiger partial charge in [-0.2, -0.15) is 10.3 Å². The van der Waals surface area contributed by atoms with E-state index in [0.29, 0.717) is 12.2 Å². The first kappa shape index (κ1) is 17.3. The highest BCUT2D eigenvalue weighted by Crippen LogP contribution is 2.33. The zero-order valence-corrected chi connectivity index (χ0v) is 14.3. The third kappa shape index (κ3) is 3.61. The van der Waals surface area contributed by atoms with Crippen molar-refractivity contribution in [2.75, 3.05) is 26.8 Å². The fourth-order valence-electron chi connectivity index (χ4n) is 3.19. The third-order valence-corrected chi connectivity index (χ3v) is 6.24. The van der Waals surface area contributed by atoms with Gasteiger partial charge in [-0.05, 0) is 30.5 Å². The first-order valence-corrected chi connectivity index (χ1v) is 9.52. The first-order valence-electron chi connectivity index (χ1n) is 7.97. The number of hydrogen-bond acceptors (Lipinski definition) is 6. The van der Waals surface area contributed by atoms with Crippen LogP contribution in [0.4, 0.5) is 0 Å². The number of rotatable bonds is 5. The summed E-state index contributed by atoms with van der Waals surface area (Å²) in [5, 5.41) is 9.87. The Morgan fingerprint density at radius 2 is 2.29 bits per heavy atom. The quantitative estimate of drug-likeness (QED) is 0.849. The smallest absolute Gasteiger partial charge is 0.218 e. The van der Waals surface area contributed by atoms with Gasteiger partial charge in [0.15, 0.2) is 0 Å². The Labute approximate surface area is 142 Å². The van der Waals surface area contributed by atoms with Crippen LogP contribution in [-0.2, 0) is 19.6 Å². The van der Waals surface area contributed by atoms with Gasteiger partial charge in [0, 0.05) is 20.2 Å². The van der Waals surface area contributed by atoms with Crippen LogP contribution in [-0.4, -0.2) is 51.6 Å². The SMILES string of the molecule is CN1OCC(S(=O)(=O)NCC2CCCO2)C1c1cccc(C#N)c1. The maximum absolute atomic E-state index is 12.7. The fraction of sp³-hybridized carbons (Fsp3) is 0.562. The molecule has 0 bridgehead atoms. The number of nitrogens with zero attached hydrogens (tertiary/aromatic N) is 2. The lowest BCUT2D eigenvalue weighted by Gasteiger charge is -2.23. The molecule has 0 spiro atoms. The van der Waals surface area contributed by atoms with E-state index in [-0.39, 0.29) is 19.3 Å². The standard InChI is InChI=1S/C16H21N3O4S/c1-19-16(13-5-2-4-12(8-13)9-17)15(11-23-19)24(20,21)18-10-14-6-3-7-22-14/h2,4-5,8,14-16,18H,3,6-7,10-11H2,1H3. The van der Waals surface area contributed by atoms with Gasteiger partial charge in [-0.25, -0.2) is 13.1 Å². The van der Waals surface area contributed by atoms with E-state index in [1.807, 2.05) is 6.07 Å². The number of benzene rings is 1. The lowest BCUT2D eigenvalue weighted by molar-refractivity contribution is -0.110. The second-order valence-electron chi connectivity index (χ2n) is 6.09. The van der Waals surface area contributed by atoms with E-state index in [9.17, 15) is 8.42 Å². The zero-order chi connectivity index (χ0) is 17.2. The molecule has 2 fully saturated rings. The summed E-state index contributed by atoms with van der Waals surface area (Å²) < 4.78 is 33.6. The Kier molecular flexibility index (Phi) is 5.18. The largest absolute Gasteiger partial charge is 0.377 e.